The predicted octanol–water partition coefficient (Wildman–Crippen LogP) is 5.65. The lowest BCUT2D eigenvalue weighted by molar-refractivity contribution is 0.625. The summed E-state index contributed by atoms with van der Waals surface area (Å²) in [5, 5.41) is 13.7. The minimum absolute atomic E-state index is 0.226. The smallest absolute Gasteiger partial charge is 0.132 e. The molecule has 0 heterocycles. The summed E-state index contributed by atoms with van der Waals surface area (Å²) in [5.41, 5.74) is 8.12. The van der Waals surface area contributed by atoms with Crippen molar-refractivity contribution in [1.82, 2.24) is 5.32 Å². The SMILES string of the molecule is C=Cc1cc(C(=N)/C=C/c2ccc3ccccc3c2)c(N)cc1F.CNC1CC1. The molecule has 4 N–H and O–H groups in total. The van der Waals surface area contributed by atoms with Crippen LogP contribution in [-0.2, 0) is 0 Å². The summed E-state index contributed by atoms with van der Waals surface area (Å²) in [7, 11) is 2.01. The summed E-state index contributed by atoms with van der Waals surface area (Å²) in [4.78, 5) is 0. The Balaban J connectivity index is 0.000000419. The van der Waals surface area contributed by atoms with Crippen molar-refractivity contribution < 1.29 is 4.39 Å². The molecule has 0 aliphatic heterocycles. The number of allylic oxidation sites excluding steroid dienone is 1. The number of rotatable bonds is 5. The lowest BCUT2D eigenvalue weighted by atomic mass is 10.0. The Morgan fingerprint density at radius 3 is 2.48 bits per heavy atom. The first kappa shape index (κ1) is 20.5. The van der Waals surface area contributed by atoms with Crippen LogP contribution < -0.4 is 11.1 Å². The average Bonchev–Trinajstić information content (AvgIpc) is 3.57. The van der Waals surface area contributed by atoms with Crippen molar-refractivity contribution in [3.8, 4) is 0 Å². The molecule has 4 rings (SSSR count). The molecule has 0 amide bonds. The number of nitrogens with two attached hydrogens (primary N) is 1. The van der Waals surface area contributed by atoms with Gasteiger partial charge >= 0.3 is 0 Å². The molecule has 0 bridgehead atoms. The Morgan fingerprint density at radius 2 is 1.86 bits per heavy atom. The maximum absolute atomic E-state index is 13.7. The molecule has 0 radical (unpaired) electrons. The van der Waals surface area contributed by atoms with Crippen molar-refractivity contribution in [3.05, 3.63) is 89.8 Å². The largest absolute Gasteiger partial charge is 0.398 e. The van der Waals surface area contributed by atoms with Crippen LogP contribution in [-0.4, -0.2) is 18.8 Å². The van der Waals surface area contributed by atoms with Gasteiger partial charge in [-0.25, -0.2) is 4.39 Å². The number of hydrogen-bond acceptors (Lipinski definition) is 3. The first-order valence-electron chi connectivity index (χ1n) is 9.66. The molecule has 3 aromatic carbocycles. The number of anilines is 1. The van der Waals surface area contributed by atoms with Crippen LogP contribution in [0.3, 0.4) is 0 Å². The number of hydrogen-bond donors (Lipinski definition) is 3. The summed E-state index contributed by atoms with van der Waals surface area (Å²) in [5.74, 6) is -0.433. The van der Waals surface area contributed by atoms with Gasteiger partial charge in [-0.2, -0.15) is 0 Å². The summed E-state index contributed by atoms with van der Waals surface area (Å²) in [6, 6.07) is 17.9. The Kier molecular flexibility index (Phi) is 6.57. The Labute approximate surface area is 171 Å². The van der Waals surface area contributed by atoms with Gasteiger partial charge in [0.1, 0.15) is 5.82 Å². The quantitative estimate of drug-likeness (QED) is 0.391. The lowest BCUT2D eigenvalue weighted by Gasteiger charge is -2.07. The predicted molar refractivity (Wildman–Crippen MR) is 123 cm³/mol. The van der Waals surface area contributed by atoms with Gasteiger partial charge in [0.05, 0.1) is 5.71 Å². The fourth-order valence-corrected chi connectivity index (χ4v) is 2.95. The van der Waals surface area contributed by atoms with Gasteiger partial charge in [-0.3, -0.25) is 0 Å². The molecule has 0 atom stereocenters. The highest BCUT2D eigenvalue weighted by molar-refractivity contribution is 6.12. The number of nitrogen functional groups attached to an aromatic ring is 1. The van der Waals surface area contributed by atoms with E-state index in [9.17, 15) is 4.39 Å². The number of nitrogens with one attached hydrogen (secondary N) is 2. The van der Waals surface area contributed by atoms with Gasteiger partial charge in [0.25, 0.3) is 0 Å². The molecule has 0 aromatic heterocycles. The van der Waals surface area contributed by atoms with E-state index in [1.54, 1.807) is 12.1 Å². The summed E-state index contributed by atoms with van der Waals surface area (Å²) >= 11 is 0. The molecule has 3 nitrogen and oxygen atoms in total. The van der Waals surface area contributed by atoms with E-state index < -0.39 is 5.82 Å². The van der Waals surface area contributed by atoms with Crippen molar-refractivity contribution >= 4 is 34.3 Å². The van der Waals surface area contributed by atoms with Crippen LogP contribution in [0.5, 0.6) is 0 Å². The highest BCUT2D eigenvalue weighted by atomic mass is 19.1. The van der Waals surface area contributed by atoms with Crippen LogP contribution in [0.25, 0.3) is 22.9 Å². The molecule has 1 aliphatic rings. The molecule has 0 unspecified atom stereocenters. The molecule has 3 aromatic rings. The zero-order valence-corrected chi connectivity index (χ0v) is 16.6. The van der Waals surface area contributed by atoms with Crippen molar-refractivity contribution in [2.45, 2.75) is 18.9 Å². The molecule has 4 heteroatoms. The second kappa shape index (κ2) is 9.30. The molecule has 1 fully saturated rings. The topological polar surface area (TPSA) is 61.9 Å². The summed E-state index contributed by atoms with van der Waals surface area (Å²) in [6.45, 7) is 3.58. The molecule has 0 spiro atoms. The van der Waals surface area contributed by atoms with Gasteiger partial charge in [-0.05, 0) is 60.5 Å². The molecule has 148 valence electrons. The third-order valence-electron chi connectivity index (χ3n) is 4.88. The van der Waals surface area contributed by atoms with Gasteiger partial charge in [0, 0.05) is 22.9 Å². The molecular weight excluding hydrogens is 361 g/mol. The second-order valence-corrected chi connectivity index (χ2v) is 7.08. The van der Waals surface area contributed by atoms with Crippen LogP contribution in [0.15, 0.2) is 67.3 Å². The number of benzene rings is 3. The summed E-state index contributed by atoms with van der Waals surface area (Å²) in [6.07, 6.45) is 7.73. The minimum atomic E-state index is -0.433. The number of fused-ring (bicyclic) bond motifs is 1. The number of halogens is 1. The third kappa shape index (κ3) is 5.39. The van der Waals surface area contributed by atoms with Gasteiger partial charge in [0.15, 0.2) is 0 Å². The van der Waals surface area contributed by atoms with Crippen molar-refractivity contribution in [2.75, 3.05) is 12.8 Å². The maximum Gasteiger partial charge on any atom is 0.132 e. The van der Waals surface area contributed by atoms with Crippen LogP contribution in [0.2, 0.25) is 0 Å². The zero-order valence-electron chi connectivity index (χ0n) is 16.6. The second-order valence-electron chi connectivity index (χ2n) is 7.08. The van der Waals surface area contributed by atoms with Crippen LogP contribution >= 0.6 is 0 Å². The zero-order chi connectivity index (χ0) is 20.8. The molecule has 1 saturated carbocycles. The lowest BCUT2D eigenvalue weighted by Crippen LogP contribution is -2.06. The fraction of sp³-hybridized carbons (Fsp3) is 0.160. The van der Waals surface area contributed by atoms with E-state index >= 15 is 0 Å². The van der Waals surface area contributed by atoms with E-state index in [4.69, 9.17) is 11.1 Å². The van der Waals surface area contributed by atoms with Gasteiger partial charge in [-0.15, -0.1) is 0 Å². The molecule has 29 heavy (non-hydrogen) atoms. The van der Waals surface area contributed by atoms with E-state index in [-0.39, 0.29) is 11.4 Å². The molecule has 0 saturated heterocycles. The monoisotopic (exact) mass is 387 g/mol. The Bertz CT molecular complexity index is 1060. The van der Waals surface area contributed by atoms with E-state index in [1.165, 1.54) is 30.4 Å². The average molecular weight is 388 g/mol. The Morgan fingerprint density at radius 1 is 1.14 bits per heavy atom. The fourth-order valence-electron chi connectivity index (χ4n) is 2.95. The van der Waals surface area contributed by atoms with E-state index in [0.29, 0.717) is 11.1 Å². The molecule has 1 aliphatic carbocycles. The van der Waals surface area contributed by atoms with E-state index in [1.807, 2.05) is 43.5 Å². The first-order valence-corrected chi connectivity index (χ1v) is 9.66. The highest BCUT2D eigenvalue weighted by Crippen LogP contribution is 2.21. The van der Waals surface area contributed by atoms with E-state index in [0.717, 1.165) is 17.0 Å². The normalized spacial score (nSPS) is 13.2. The highest BCUT2D eigenvalue weighted by Gasteiger charge is 2.17. The maximum atomic E-state index is 13.7. The van der Waals surface area contributed by atoms with Crippen LogP contribution in [0, 0.1) is 11.2 Å². The van der Waals surface area contributed by atoms with Gasteiger partial charge < -0.3 is 16.5 Å². The first-order chi connectivity index (χ1) is 14.0. The van der Waals surface area contributed by atoms with Crippen molar-refractivity contribution in [2.24, 2.45) is 0 Å². The third-order valence-corrected chi connectivity index (χ3v) is 4.88. The molecular formula is C25H26FN3. The van der Waals surface area contributed by atoms with Crippen molar-refractivity contribution in [3.63, 3.8) is 0 Å². The van der Waals surface area contributed by atoms with Gasteiger partial charge in [0.2, 0.25) is 0 Å². The standard InChI is InChI=1S/C21H17FN2.C4H9N/c1-2-15-12-18(21(24)13-19(15)22)20(23)10-8-14-7-9-16-5-3-4-6-17(16)11-14;1-5-4-2-3-4/h2-13,23H,1,24H2;4-5H,2-3H2,1H3/b10-8+,23-20?;. The summed E-state index contributed by atoms with van der Waals surface area (Å²) < 4.78 is 13.7. The van der Waals surface area contributed by atoms with Gasteiger partial charge in [-0.1, -0.05) is 55.1 Å². The minimum Gasteiger partial charge on any atom is -0.398 e. The van der Waals surface area contributed by atoms with E-state index in [2.05, 4.69) is 24.0 Å². The Hall–Kier alpha value is -3.24. The van der Waals surface area contributed by atoms with Crippen LogP contribution in [0.4, 0.5) is 10.1 Å². The van der Waals surface area contributed by atoms with Crippen molar-refractivity contribution in [1.29, 1.82) is 5.41 Å². The van der Waals surface area contributed by atoms with Crippen LogP contribution in [0.1, 0.15) is 29.5 Å².